The van der Waals surface area contributed by atoms with Gasteiger partial charge in [0, 0.05) is 12.6 Å². The van der Waals surface area contributed by atoms with Crippen molar-refractivity contribution in [3.63, 3.8) is 0 Å². The Morgan fingerprint density at radius 1 is 1.24 bits per heavy atom. The summed E-state index contributed by atoms with van der Waals surface area (Å²) < 4.78 is 13.5. The highest BCUT2D eigenvalue weighted by Gasteiger charge is 2.13. The van der Waals surface area contributed by atoms with E-state index in [1.54, 1.807) is 0 Å². The summed E-state index contributed by atoms with van der Waals surface area (Å²) >= 11 is 2.04. The molecule has 2 rings (SSSR count). The summed E-state index contributed by atoms with van der Waals surface area (Å²) in [6.45, 7) is 4.53. The number of hydrogen-bond donors (Lipinski definition) is 1. The van der Waals surface area contributed by atoms with Crippen LogP contribution < -0.4 is 5.32 Å². The SMILES string of the molecule is Cc1cc(CNC2CCSCC2)cc(C)c1F. The minimum absolute atomic E-state index is 0.0668. The van der Waals surface area contributed by atoms with Crippen LogP contribution in [0.3, 0.4) is 0 Å². The van der Waals surface area contributed by atoms with Crippen molar-refractivity contribution in [2.24, 2.45) is 0 Å². The molecule has 1 heterocycles. The lowest BCUT2D eigenvalue weighted by Gasteiger charge is -2.22. The Morgan fingerprint density at radius 2 is 1.82 bits per heavy atom. The van der Waals surface area contributed by atoms with Gasteiger partial charge in [-0.2, -0.15) is 11.8 Å². The second-order valence-electron chi connectivity index (χ2n) is 4.81. The number of rotatable bonds is 3. The van der Waals surface area contributed by atoms with Gasteiger partial charge in [0.05, 0.1) is 0 Å². The van der Waals surface area contributed by atoms with E-state index in [0.717, 1.165) is 17.7 Å². The molecule has 1 N–H and O–H groups in total. The van der Waals surface area contributed by atoms with E-state index in [-0.39, 0.29) is 5.82 Å². The van der Waals surface area contributed by atoms with E-state index >= 15 is 0 Å². The van der Waals surface area contributed by atoms with Crippen LogP contribution in [0.5, 0.6) is 0 Å². The molecule has 0 atom stereocenters. The zero-order valence-corrected chi connectivity index (χ0v) is 11.4. The maximum Gasteiger partial charge on any atom is 0.129 e. The first-order valence-corrected chi connectivity index (χ1v) is 7.39. The molecule has 1 aromatic carbocycles. The van der Waals surface area contributed by atoms with Crippen molar-refractivity contribution in [3.8, 4) is 0 Å². The van der Waals surface area contributed by atoms with E-state index in [1.165, 1.54) is 29.9 Å². The number of aryl methyl sites for hydroxylation is 2. The van der Waals surface area contributed by atoms with Gasteiger partial charge in [-0.05, 0) is 54.9 Å². The Labute approximate surface area is 107 Å². The normalized spacial score (nSPS) is 17.4. The van der Waals surface area contributed by atoms with Crippen LogP contribution in [0.1, 0.15) is 29.5 Å². The summed E-state index contributed by atoms with van der Waals surface area (Å²) in [5.41, 5.74) is 2.70. The molecular weight excluding hydrogens is 233 g/mol. The van der Waals surface area contributed by atoms with Crippen LogP contribution in [-0.2, 0) is 6.54 Å². The van der Waals surface area contributed by atoms with Gasteiger partial charge in [0.25, 0.3) is 0 Å². The molecule has 1 fully saturated rings. The van der Waals surface area contributed by atoms with E-state index in [9.17, 15) is 4.39 Å². The Morgan fingerprint density at radius 3 is 2.41 bits per heavy atom. The van der Waals surface area contributed by atoms with Crippen LogP contribution in [0, 0.1) is 19.7 Å². The molecular formula is C14H20FNS. The molecule has 94 valence electrons. The summed E-state index contributed by atoms with van der Waals surface area (Å²) in [7, 11) is 0. The number of hydrogen-bond acceptors (Lipinski definition) is 2. The molecule has 1 aliphatic rings. The fourth-order valence-corrected chi connectivity index (χ4v) is 3.41. The van der Waals surface area contributed by atoms with Crippen LogP contribution in [0.15, 0.2) is 12.1 Å². The van der Waals surface area contributed by atoms with Crippen molar-refractivity contribution in [2.75, 3.05) is 11.5 Å². The van der Waals surface area contributed by atoms with Gasteiger partial charge < -0.3 is 5.32 Å². The van der Waals surface area contributed by atoms with E-state index in [2.05, 4.69) is 5.32 Å². The Hall–Kier alpha value is -0.540. The number of nitrogens with one attached hydrogen (secondary N) is 1. The fraction of sp³-hybridized carbons (Fsp3) is 0.571. The van der Waals surface area contributed by atoms with Crippen molar-refractivity contribution < 1.29 is 4.39 Å². The summed E-state index contributed by atoms with van der Waals surface area (Å²) in [6, 6.07) is 4.54. The summed E-state index contributed by atoms with van der Waals surface area (Å²) in [5, 5.41) is 3.58. The third-order valence-corrected chi connectivity index (χ3v) is 4.36. The molecule has 0 radical (unpaired) electrons. The molecule has 0 aliphatic carbocycles. The van der Waals surface area contributed by atoms with Crippen LogP contribution in [0.25, 0.3) is 0 Å². The molecule has 1 aromatic rings. The van der Waals surface area contributed by atoms with E-state index < -0.39 is 0 Å². The third-order valence-electron chi connectivity index (χ3n) is 3.31. The first-order chi connectivity index (χ1) is 8.16. The van der Waals surface area contributed by atoms with Gasteiger partial charge in [0.15, 0.2) is 0 Å². The Bertz CT molecular complexity index is 363. The largest absolute Gasteiger partial charge is 0.310 e. The van der Waals surface area contributed by atoms with Crippen molar-refractivity contribution >= 4 is 11.8 Å². The highest BCUT2D eigenvalue weighted by atomic mass is 32.2. The maximum atomic E-state index is 13.5. The number of halogens is 1. The molecule has 17 heavy (non-hydrogen) atoms. The lowest BCUT2D eigenvalue weighted by molar-refractivity contribution is 0.481. The standard InChI is InChI=1S/C14H20FNS/c1-10-7-12(8-11(2)14(10)15)9-16-13-3-5-17-6-4-13/h7-8,13,16H,3-6,9H2,1-2H3. The first kappa shape index (κ1) is 12.9. The lowest BCUT2D eigenvalue weighted by atomic mass is 10.1. The lowest BCUT2D eigenvalue weighted by Crippen LogP contribution is -2.32. The molecule has 1 nitrogen and oxygen atoms in total. The molecule has 0 aromatic heterocycles. The molecule has 0 saturated carbocycles. The maximum absolute atomic E-state index is 13.5. The van der Waals surface area contributed by atoms with Crippen LogP contribution in [0.4, 0.5) is 4.39 Å². The Balaban J connectivity index is 1.94. The molecule has 3 heteroatoms. The predicted octanol–water partition coefficient (Wildman–Crippen LogP) is 3.43. The molecule has 0 spiro atoms. The third kappa shape index (κ3) is 3.46. The van der Waals surface area contributed by atoms with Crippen molar-refractivity contribution in [1.82, 2.24) is 5.32 Å². The average Bonchev–Trinajstić information content (AvgIpc) is 2.34. The zero-order valence-electron chi connectivity index (χ0n) is 10.6. The second-order valence-corrected chi connectivity index (χ2v) is 6.04. The number of benzene rings is 1. The molecule has 0 amide bonds. The van der Waals surface area contributed by atoms with Gasteiger partial charge in [-0.25, -0.2) is 4.39 Å². The quantitative estimate of drug-likeness (QED) is 0.885. The van der Waals surface area contributed by atoms with Crippen molar-refractivity contribution in [2.45, 2.75) is 39.3 Å². The van der Waals surface area contributed by atoms with Gasteiger partial charge >= 0.3 is 0 Å². The molecule has 1 saturated heterocycles. The topological polar surface area (TPSA) is 12.0 Å². The summed E-state index contributed by atoms with van der Waals surface area (Å²) in [5.74, 6) is 2.46. The zero-order chi connectivity index (χ0) is 12.3. The van der Waals surface area contributed by atoms with Gasteiger partial charge in [-0.15, -0.1) is 0 Å². The first-order valence-electron chi connectivity index (χ1n) is 6.23. The van der Waals surface area contributed by atoms with Gasteiger partial charge in [-0.1, -0.05) is 12.1 Å². The second kappa shape index (κ2) is 5.87. The smallest absolute Gasteiger partial charge is 0.129 e. The van der Waals surface area contributed by atoms with Gasteiger partial charge in [0.2, 0.25) is 0 Å². The van der Waals surface area contributed by atoms with Crippen molar-refractivity contribution in [3.05, 3.63) is 34.6 Å². The number of thioether (sulfide) groups is 1. The van der Waals surface area contributed by atoms with Crippen LogP contribution in [0.2, 0.25) is 0 Å². The summed E-state index contributed by atoms with van der Waals surface area (Å²) in [6.07, 6.45) is 2.51. The molecule has 1 aliphatic heterocycles. The molecule has 0 unspecified atom stereocenters. The average molecular weight is 253 g/mol. The van der Waals surface area contributed by atoms with Crippen molar-refractivity contribution in [1.29, 1.82) is 0 Å². The highest BCUT2D eigenvalue weighted by molar-refractivity contribution is 7.99. The molecule has 0 bridgehead atoms. The Kier molecular flexibility index (Phi) is 4.46. The van der Waals surface area contributed by atoms with E-state index in [0.29, 0.717) is 6.04 Å². The summed E-state index contributed by atoms with van der Waals surface area (Å²) in [4.78, 5) is 0. The monoisotopic (exact) mass is 253 g/mol. The predicted molar refractivity (Wildman–Crippen MR) is 73.1 cm³/mol. The van der Waals surface area contributed by atoms with Gasteiger partial charge in [0.1, 0.15) is 5.82 Å². The minimum Gasteiger partial charge on any atom is -0.310 e. The minimum atomic E-state index is -0.0668. The fourth-order valence-electron chi connectivity index (χ4n) is 2.30. The van der Waals surface area contributed by atoms with Crippen LogP contribution >= 0.6 is 11.8 Å². The van der Waals surface area contributed by atoms with Crippen LogP contribution in [-0.4, -0.2) is 17.5 Å². The van der Waals surface area contributed by atoms with E-state index in [4.69, 9.17) is 0 Å². The highest BCUT2D eigenvalue weighted by Crippen LogP contribution is 2.18. The van der Waals surface area contributed by atoms with Gasteiger partial charge in [-0.3, -0.25) is 0 Å². The van der Waals surface area contributed by atoms with E-state index in [1.807, 2.05) is 37.7 Å².